The van der Waals surface area contributed by atoms with E-state index in [-0.39, 0.29) is 0 Å². The Morgan fingerprint density at radius 3 is 2.27 bits per heavy atom. The summed E-state index contributed by atoms with van der Waals surface area (Å²) in [7, 11) is -5.07. The van der Waals surface area contributed by atoms with Crippen molar-refractivity contribution in [2.24, 2.45) is 0 Å². The summed E-state index contributed by atoms with van der Waals surface area (Å²) in [4.78, 5) is 18.7. The standard InChI is InChI=1S/C6H13O8P/c1-2-3(7)4(8)5(9)6(13-2)14-15(10,11)12/h2-9H,1H3,(H2,10,11,12)/p-1/t2-,3-,4+,5+,6-/m1/s1. The average molecular weight is 243 g/mol. The lowest BCUT2D eigenvalue weighted by atomic mass is 10.0. The van der Waals surface area contributed by atoms with Gasteiger partial charge in [0.15, 0.2) is 6.29 Å². The third kappa shape index (κ3) is 3.20. The molecule has 4 N–H and O–H groups in total. The highest BCUT2D eigenvalue weighted by atomic mass is 31.2. The number of hydrogen-bond acceptors (Lipinski definition) is 7. The van der Waals surface area contributed by atoms with E-state index >= 15 is 0 Å². The molecule has 1 aliphatic heterocycles. The first-order chi connectivity index (χ1) is 6.72. The first-order valence-corrected chi connectivity index (χ1v) is 5.64. The van der Waals surface area contributed by atoms with Crippen molar-refractivity contribution in [2.75, 3.05) is 0 Å². The normalized spacial score (nSPS) is 46.1. The van der Waals surface area contributed by atoms with Crippen molar-refractivity contribution in [1.29, 1.82) is 0 Å². The van der Waals surface area contributed by atoms with Crippen LogP contribution in [0, 0.1) is 0 Å². The Balaban J connectivity index is 2.71. The maximum absolute atomic E-state index is 10.4. The second-order valence-electron chi connectivity index (χ2n) is 3.26. The molecule has 8 nitrogen and oxygen atoms in total. The van der Waals surface area contributed by atoms with Crippen molar-refractivity contribution in [2.45, 2.75) is 37.6 Å². The first kappa shape index (κ1) is 13.0. The minimum atomic E-state index is -5.07. The van der Waals surface area contributed by atoms with E-state index in [0.717, 1.165) is 0 Å². The van der Waals surface area contributed by atoms with Gasteiger partial charge in [0, 0.05) is 0 Å². The van der Waals surface area contributed by atoms with Crippen LogP contribution in [0.4, 0.5) is 0 Å². The molecule has 1 saturated heterocycles. The SMILES string of the molecule is C[C@H]1O[C@H](OP(=O)([O-])O)[C@@H](O)[C@@H](O)[C@@H]1O. The number of phosphoric ester groups is 1. The summed E-state index contributed by atoms with van der Waals surface area (Å²) in [5.74, 6) is 0. The molecule has 6 atom stereocenters. The third-order valence-electron chi connectivity index (χ3n) is 2.05. The Labute approximate surface area is 85.3 Å². The number of phosphoric acid groups is 1. The minimum Gasteiger partial charge on any atom is -0.756 e. The molecule has 15 heavy (non-hydrogen) atoms. The van der Waals surface area contributed by atoms with Crippen molar-refractivity contribution in [1.82, 2.24) is 0 Å². The van der Waals surface area contributed by atoms with Gasteiger partial charge in [-0.1, -0.05) is 0 Å². The molecule has 0 bridgehead atoms. The molecule has 0 aromatic heterocycles. The van der Waals surface area contributed by atoms with Gasteiger partial charge in [-0.25, -0.2) is 0 Å². The highest BCUT2D eigenvalue weighted by Crippen LogP contribution is 2.36. The van der Waals surface area contributed by atoms with E-state index in [2.05, 4.69) is 4.52 Å². The van der Waals surface area contributed by atoms with Crippen molar-refractivity contribution in [3.05, 3.63) is 0 Å². The number of aliphatic hydroxyl groups is 3. The molecule has 0 aliphatic carbocycles. The molecule has 90 valence electrons. The zero-order chi connectivity index (χ0) is 11.8. The topological polar surface area (TPSA) is 140 Å². The monoisotopic (exact) mass is 243 g/mol. The summed E-state index contributed by atoms with van der Waals surface area (Å²) in [6.45, 7) is 1.35. The van der Waals surface area contributed by atoms with Crippen LogP contribution in [-0.2, 0) is 13.8 Å². The van der Waals surface area contributed by atoms with Crippen molar-refractivity contribution in [3.8, 4) is 0 Å². The number of aliphatic hydroxyl groups excluding tert-OH is 3. The zero-order valence-electron chi connectivity index (χ0n) is 7.76. The molecule has 1 fully saturated rings. The Morgan fingerprint density at radius 1 is 1.27 bits per heavy atom. The molecule has 0 spiro atoms. The van der Waals surface area contributed by atoms with Crippen LogP contribution in [-0.4, -0.2) is 50.9 Å². The maximum Gasteiger partial charge on any atom is 0.267 e. The number of hydrogen-bond donors (Lipinski definition) is 4. The van der Waals surface area contributed by atoms with Crippen LogP contribution in [0.1, 0.15) is 6.92 Å². The quantitative estimate of drug-likeness (QED) is 0.384. The molecule has 0 amide bonds. The summed E-state index contributed by atoms with van der Waals surface area (Å²) >= 11 is 0. The lowest BCUT2D eigenvalue weighted by Gasteiger charge is -2.39. The van der Waals surface area contributed by atoms with E-state index < -0.39 is 38.5 Å². The molecule has 0 saturated carbocycles. The number of rotatable bonds is 2. The van der Waals surface area contributed by atoms with Crippen LogP contribution in [0.2, 0.25) is 0 Å². The average Bonchev–Trinajstić information content (AvgIpc) is 2.08. The maximum atomic E-state index is 10.4. The van der Waals surface area contributed by atoms with E-state index in [0.29, 0.717) is 0 Å². The molecular weight excluding hydrogens is 231 g/mol. The minimum absolute atomic E-state index is 0.931. The summed E-state index contributed by atoms with van der Waals surface area (Å²) < 4.78 is 19.1. The fourth-order valence-corrected chi connectivity index (χ4v) is 1.67. The van der Waals surface area contributed by atoms with Crippen LogP contribution in [0.25, 0.3) is 0 Å². The highest BCUT2D eigenvalue weighted by Gasteiger charge is 2.43. The Bertz CT molecular complexity index is 264. The molecule has 1 unspecified atom stereocenters. The Kier molecular flexibility index (Phi) is 3.85. The second-order valence-corrected chi connectivity index (χ2v) is 4.40. The van der Waals surface area contributed by atoms with Crippen LogP contribution < -0.4 is 4.89 Å². The van der Waals surface area contributed by atoms with Crippen LogP contribution in [0.3, 0.4) is 0 Å². The molecule has 0 radical (unpaired) electrons. The van der Waals surface area contributed by atoms with Gasteiger partial charge in [-0.15, -0.1) is 0 Å². The summed E-state index contributed by atoms with van der Waals surface area (Å²) in [6, 6.07) is 0. The van der Waals surface area contributed by atoms with Gasteiger partial charge < -0.3 is 29.8 Å². The van der Waals surface area contributed by atoms with Gasteiger partial charge in [-0.2, -0.15) is 0 Å². The van der Waals surface area contributed by atoms with Gasteiger partial charge in [-0.3, -0.25) is 9.09 Å². The van der Waals surface area contributed by atoms with Gasteiger partial charge in [0.25, 0.3) is 7.82 Å². The summed E-state index contributed by atoms with van der Waals surface area (Å²) in [6.07, 6.45) is -7.38. The summed E-state index contributed by atoms with van der Waals surface area (Å²) in [5, 5.41) is 27.7. The van der Waals surface area contributed by atoms with Crippen molar-refractivity contribution >= 4 is 7.82 Å². The molecular formula is C6H12O8P-. The lowest BCUT2D eigenvalue weighted by molar-refractivity contribution is -0.296. The molecule has 1 aliphatic rings. The zero-order valence-corrected chi connectivity index (χ0v) is 8.65. The van der Waals surface area contributed by atoms with Crippen molar-refractivity contribution < 1.29 is 38.9 Å². The summed E-state index contributed by atoms with van der Waals surface area (Å²) in [5.41, 5.74) is 0. The van der Waals surface area contributed by atoms with Crippen LogP contribution >= 0.6 is 7.82 Å². The molecule has 1 heterocycles. The van der Waals surface area contributed by atoms with E-state index in [1.54, 1.807) is 0 Å². The van der Waals surface area contributed by atoms with E-state index in [1.165, 1.54) is 6.92 Å². The van der Waals surface area contributed by atoms with Gasteiger partial charge in [-0.05, 0) is 6.92 Å². The largest absolute Gasteiger partial charge is 0.756 e. The highest BCUT2D eigenvalue weighted by molar-refractivity contribution is 7.44. The van der Waals surface area contributed by atoms with Gasteiger partial charge in [0.1, 0.15) is 18.3 Å². The molecule has 9 heteroatoms. The second kappa shape index (κ2) is 4.44. The van der Waals surface area contributed by atoms with Crippen molar-refractivity contribution in [3.63, 3.8) is 0 Å². The van der Waals surface area contributed by atoms with E-state index in [9.17, 15) is 24.8 Å². The van der Waals surface area contributed by atoms with Gasteiger partial charge in [0.2, 0.25) is 0 Å². The predicted octanol–water partition coefficient (Wildman–Crippen LogP) is -2.71. The fourth-order valence-electron chi connectivity index (χ4n) is 1.23. The van der Waals surface area contributed by atoms with Gasteiger partial charge >= 0.3 is 0 Å². The Hall–Kier alpha value is -0.0500. The van der Waals surface area contributed by atoms with Crippen LogP contribution in [0.15, 0.2) is 0 Å². The predicted molar refractivity (Wildman–Crippen MR) is 43.3 cm³/mol. The lowest BCUT2D eigenvalue weighted by Crippen LogP contribution is -2.57. The third-order valence-corrected chi connectivity index (χ3v) is 2.52. The van der Waals surface area contributed by atoms with E-state index in [1.807, 2.05) is 0 Å². The van der Waals surface area contributed by atoms with Gasteiger partial charge in [0.05, 0.1) is 6.10 Å². The number of ether oxygens (including phenoxy) is 1. The van der Waals surface area contributed by atoms with E-state index in [4.69, 9.17) is 9.63 Å². The fraction of sp³-hybridized carbons (Fsp3) is 1.00. The molecule has 0 aromatic carbocycles. The van der Waals surface area contributed by atoms with Crippen LogP contribution in [0.5, 0.6) is 0 Å². The molecule has 0 aromatic rings. The first-order valence-electron chi connectivity index (χ1n) is 4.14. The molecule has 1 rings (SSSR count). The smallest absolute Gasteiger partial charge is 0.267 e. The Morgan fingerprint density at radius 2 is 1.80 bits per heavy atom.